The standard InChI is InChI=1S/C15H11F3O3.C7H5ClO2.C7H6F3NO.21H2/c16-15(17,18)21-13-8-4-5-11(9-13)10-14(19)20-12-6-2-1-3-7-12;8-7(9)10-6-4-2-1-3-5-6;8-7(9,10)12-6-3-1-2-5(11)4-6;;;;;;;;;;;;;;;;;;;;;/h1-9H,10H2;1-5H;1-4H,11H2;21*1H/i;;;21*1+1D. The fourth-order valence-electron chi connectivity index (χ4n) is 2.97. The van der Waals surface area contributed by atoms with Crippen LogP contribution in [0.15, 0.2) is 109 Å². The Morgan fingerprint density at radius 3 is 1.56 bits per heavy atom. The first-order valence-electron chi connectivity index (χ1n) is 32.8. The van der Waals surface area contributed by atoms with Crippen molar-refractivity contribution in [1.82, 2.24) is 0 Å². The molecule has 0 bridgehead atoms. The van der Waals surface area contributed by atoms with Crippen molar-refractivity contribution in [2.24, 2.45) is 0 Å². The van der Waals surface area contributed by atoms with Gasteiger partial charge in [-0.1, -0.05) is 54.6 Å². The first-order chi connectivity index (χ1) is 41.2. The predicted octanol–water partition coefficient (Wildman–Crippen LogP) is 13.5. The largest absolute Gasteiger partial charge is 0.573 e. The molecule has 4 aromatic rings. The number of alkyl halides is 6. The van der Waals surface area contributed by atoms with Gasteiger partial charge >= 0.3 is 24.1 Å². The van der Waals surface area contributed by atoms with Crippen LogP contribution in [-0.4, -0.2) is 24.1 Å². The highest BCUT2D eigenvalue weighted by molar-refractivity contribution is 6.61. The lowest BCUT2D eigenvalue weighted by atomic mass is 10.1. The number of carbonyl (C=O) groups is 2. The summed E-state index contributed by atoms with van der Waals surface area (Å²) < 4.78 is 298. The van der Waals surface area contributed by atoms with E-state index in [9.17, 15) is 35.9 Å². The molecule has 0 radical (unpaired) electrons. The zero-order valence-electron chi connectivity index (χ0n) is 63.8. The van der Waals surface area contributed by atoms with E-state index in [2.05, 4.69) is 14.2 Å². The van der Waals surface area contributed by atoms with E-state index in [1.165, 1.54) is 36.4 Å². The van der Waals surface area contributed by atoms with E-state index in [-0.39, 0.29) is 23.6 Å². The van der Waals surface area contributed by atoms with Gasteiger partial charge in [0.1, 0.15) is 23.0 Å². The fraction of sp³-hybridized carbons (Fsp3) is 0.103. The van der Waals surface area contributed by atoms with Crippen molar-refractivity contribution in [3.8, 4) is 23.0 Å². The van der Waals surface area contributed by atoms with E-state index in [1.54, 1.807) is 54.6 Å². The molecule has 14 heteroatoms. The van der Waals surface area contributed by atoms with Gasteiger partial charge in [-0.2, -0.15) is 0 Å². The van der Waals surface area contributed by atoms with Crippen LogP contribution in [0.1, 0.15) is 67.9 Å². The maximum Gasteiger partial charge on any atom is 0.573 e. The molecule has 0 unspecified atom stereocenters. The third kappa shape index (κ3) is 16.2. The molecular weight excluding hydrogens is 608 g/mol. The first-order valence-corrected chi connectivity index (χ1v) is 12.2. The van der Waals surface area contributed by atoms with Crippen LogP contribution >= 0.6 is 11.6 Å². The summed E-state index contributed by atoms with van der Waals surface area (Å²) in [5.74, 6) is -0.395. The first kappa shape index (κ1) is 14.5. The Bertz CT molecular complexity index is 1520. The minimum Gasteiger partial charge on any atom is -0.426 e. The van der Waals surface area contributed by atoms with Crippen LogP contribution in [0.4, 0.5) is 36.8 Å². The van der Waals surface area contributed by atoms with Gasteiger partial charge in [-0.3, -0.25) is 4.79 Å². The van der Waals surface area contributed by atoms with E-state index >= 15 is 0 Å². The molecule has 0 aliphatic rings. The van der Waals surface area contributed by atoms with E-state index in [1.807, 2.05) is 6.07 Å². The Morgan fingerprint density at radius 2 is 1.09 bits per heavy atom. The van der Waals surface area contributed by atoms with Crippen LogP contribution < -0.4 is 24.7 Å². The molecule has 2 N–H and O–H groups in total. The predicted molar refractivity (Wildman–Crippen MR) is 189 cm³/mol. The maximum atomic E-state index is 12.1. The summed E-state index contributed by atoms with van der Waals surface area (Å²) in [6.07, 6.45) is -9.57. The zero-order chi connectivity index (χ0) is 73.9. The normalized spacial score (nSPS) is 14.5. The number of para-hydroxylation sites is 2. The number of benzene rings is 4. The van der Waals surface area contributed by atoms with E-state index in [0.29, 0.717) is 17.1 Å². The molecule has 0 saturated heterocycles. The van der Waals surface area contributed by atoms with Gasteiger partial charge < -0.3 is 24.7 Å². The van der Waals surface area contributed by atoms with E-state index in [4.69, 9.17) is 84.4 Å². The van der Waals surface area contributed by atoms with Crippen LogP contribution in [0.3, 0.4) is 0 Å². The molecule has 270 valence electrons. The SMILES string of the molecule is Nc1cccc(OC(F)(F)F)c1.O=C(Cc1cccc(OC(F)(F)F)c1)Oc1ccccc1.O=C(Cl)Oc1ccccc1.[2H][2H].[2H][2H].[2H][2H].[2H][2H].[2H][2H].[2H][2H].[2H][2H].[2H][2H].[2H][2H].[2H][2H].[2H][2H].[2H][2H].[2H][2H].[2H][2H].[2H][2H].[2H][2H].[2H][2H].[2H][2H].[2H][2H].[2H][2H].[2H][2H]. The molecule has 7 nitrogen and oxygen atoms in total. The summed E-state index contributed by atoms with van der Waals surface area (Å²) in [7, 11) is 0. The van der Waals surface area contributed by atoms with Crippen LogP contribution in [0.2, 0.25) is 0 Å². The number of nitrogen functional groups attached to an aromatic ring is 1. The average molecular weight is 715 g/mol. The molecule has 0 aromatic heterocycles. The molecule has 0 fully saturated rings. The van der Waals surface area contributed by atoms with Crippen LogP contribution in [0, 0.1) is 0 Å². The quantitative estimate of drug-likeness (QED) is 0.0698. The summed E-state index contributed by atoms with van der Waals surface area (Å²) in [4.78, 5) is 21.8. The Morgan fingerprint density at radius 1 is 0.651 bits per heavy atom. The molecule has 0 amide bonds. The van der Waals surface area contributed by atoms with Crippen LogP contribution in [-0.2, 0) is 11.2 Å². The molecular formula is C29H64ClF6NO6. The van der Waals surface area contributed by atoms with Crippen LogP contribution in [0.25, 0.3) is 0 Å². The molecule has 4 rings (SSSR count). The van der Waals surface area contributed by atoms with Gasteiger partial charge in [0, 0.05) is 85.7 Å². The zero-order valence-corrected chi connectivity index (χ0v) is 22.5. The van der Waals surface area contributed by atoms with Crippen molar-refractivity contribution in [2.75, 3.05) is 5.73 Å². The smallest absolute Gasteiger partial charge is 0.426 e. The van der Waals surface area contributed by atoms with Gasteiger partial charge in [0.05, 0.1) is 6.42 Å². The Kier molecular flexibility index (Phi) is 5.57. The summed E-state index contributed by atoms with van der Waals surface area (Å²) in [6.45, 7) is 0. The lowest BCUT2D eigenvalue weighted by Crippen LogP contribution is -2.17. The lowest BCUT2D eigenvalue weighted by Gasteiger charge is -2.10. The van der Waals surface area contributed by atoms with Crippen molar-refractivity contribution in [3.05, 3.63) is 115 Å². The van der Waals surface area contributed by atoms with Gasteiger partial charge in [-0.25, -0.2) is 4.79 Å². The second-order valence-electron chi connectivity index (χ2n) is 7.93. The van der Waals surface area contributed by atoms with E-state index in [0.717, 1.165) is 12.1 Å². The molecule has 0 aliphatic carbocycles. The van der Waals surface area contributed by atoms with Gasteiger partial charge in [-0.15, -0.1) is 26.3 Å². The van der Waals surface area contributed by atoms with Crippen molar-refractivity contribution < 1.29 is 117 Å². The number of rotatable bonds is 6. The molecule has 0 saturated carbocycles. The third-order valence-electron chi connectivity index (χ3n) is 4.49. The summed E-state index contributed by atoms with van der Waals surface area (Å²) in [5.41, 5.74) is 5.02. The number of ether oxygens (including phenoxy) is 4. The summed E-state index contributed by atoms with van der Waals surface area (Å²) in [5, 5.41) is 0. The minimum atomic E-state index is -4.76. The van der Waals surface area contributed by atoms with Gasteiger partial charge in [0.2, 0.25) is 0 Å². The Balaban J connectivity index is -0.0000000323. The number of nitrogens with two attached hydrogens (primary N) is 1. The highest BCUT2D eigenvalue weighted by Crippen LogP contribution is 2.25. The second kappa shape index (κ2) is 16.5. The van der Waals surface area contributed by atoms with E-state index < -0.39 is 24.1 Å². The topological polar surface area (TPSA) is 97.1 Å². The molecule has 4 aromatic carbocycles. The third-order valence-corrected chi connectivity index (χ3v) is 4.57. The Hall–Kier alpha value is -4.91. The number of hydrogen-bond acceptors (Lipinski definition) is 7. The average Bonchev–Trinajstić information content (AvgIpc) is 3.59. The fourth-order valence-corrected chi connectivity index (χ4v) is 3.06. The van der Waals surface area contributed by atoms with Crippen molar-refractivity contribution in [2.45, 2.75) is 19.1 Å². The highest BCUT2D eigenvalue weighted by atomic mass is 35.5. The van der Waals surface area contributed by atoms with Gasteiger partial charge in [0.15, 0.2) is 0 Å². The van der Waals surface area contributed by atoms with Gasteiger partial charge in [-0.05, 0) is 54.1 Å². The van der Waals surface area contributed by atoms with Crippen molar-refractivity contribution >= 4 is 28.7 Å². The maximum absolute atomic E-state index is 12.1. The molecule has 43 heavy (non-hydrogen) atoms. The highest BCUT2D eigenvalue weighted by Gasteiger charge is 2.31. The Labute approximate surface area is 311 Å². The second-order valence-corrected chi connectivity index (χ2v) is 8.24. The molecule has 0 heterocycles. The monoisotopic (exact) mass is 714 g/mol. The van der Waals surface area contributed by atoms with Crippen molar-refractivity contribution in [3.63, 3.8) is 0 Å². The molecule has 0 atom stereocenters. The van der Waals surface area contributed by atoms with Crippen LogP contribution in [0.5, 0.6) is 23.0 Å². The summed E-state index contributed by atoms with van der Waals surface area (Å²) >= 11 is 4.95. The summed E-state index contributed by atoms with van der Waals surface area (Å²) in [6, 6.07) is 27.4. The number of hydrogen-bond donors (Lipinski definition) is 1. The molecule has 0 spiro atoms. The van der Waals surface area contributed by atoms with Crippen molar-refractivity contribution in [1.29, 1.82) is 0 Å². The molecule has 0 aliphatic heterocycles. The number of halogens is 7. The van der Waals surface area contributed by atoms with Gasteiger partial charge in [0.25, 0.3) is 0 Å². The number of esters is 1. The minimum absolute atomic E-state index is 0.149. The number of carbonyl (C=O) groups excluding carboxylic acids is 2. The lowest BCUT2D eigenvalue weighted by molar-refractivity contribution is -0.275. The number of anilines is 1.